The SMILES string of the molecule is CC(=O)Nc1ccc2cc(C(=O)C3CCCN(CC4CC4)C3)ccc2c1.Cc1ccc2cc(C(=O)C3CCCN(CC4CC4)C3)ccc2n1. The zero-order chi connectivity index (χ0) is 33.9. The minimum absolute atomic E-state index is 0.0794. The van der Waals surface area contributed by atoms with Crippen LogP contribution in [0.5, 0.6) is 0 Å². The number of hydrogen-bond donors (Lipinski definition) is 1. The molecule has 256 valence electrons. The van der Waals surface area contributed by atoms with Gasteiger partial charge in [-0.25, -0.2) is 0 Å². The van der Waals surface area contributed by atoms with Gasteiger partial charge in [0.15, 0.2) is 11.6 Å². The van der Waals surface area contributed by atoms with Crippen LogP contribution in [0.3, 0.4) is 0 Å². The highest BCUT2D eigenvalue weighted by molar-refractivity contribution is 6.02. The number of aromatic nitrogens is 1. The summed E-state index contributed by atoms with van der Waals surface area (Å²) in [6.07, 6.45) is 9.79. The fourth-order valence-electron chi connectivity index (χ4n) is 7.73. The van der Waals surface area contributed by atoms with E-state index in [1.54, 1.807) is 0 Å². The summed E-state index contributed by atoms with van der Waals surface area (Å²) in [6.45, 7) is 10.0. The molecule has 3 aromatic carbocycles. The third-order valence-electron chi connectivity index (χ3n) is 10.7. The van der Waals surface area contributed by atoms with Crippen LogP contribution in [-0.4, -0.2) is 71.5 Å². The number of piperidine rings is 2. The quantitative estimate of drug-likeness (QED) is 0.184. The van der Waals surface area contributed by atoms with E-state index in [9.17, 15) is 14.4 Å². The molecule has 0 spiro atoms. The van der Waals surface area contributed by atoms with E-state index in [1.165, 1.54) is 52.2 Å². The Labute approximate surface area is 290 Å². The molecule has 3 heterocycles. The van der Waals surface area contributed by atoms with E-state index < -0.39 is 0 Å². The second kappa shape index (κ2) is 14.9. The first-order valence-corrected chi connectivity index (χ1v) is 18.5. The Balaban J connectivity index is 0.000000155. The summed E-state index contributed by atoms with van der Waals surface area (Å²) < 4.78 is 0. The number of rotatable bonds is 9. The lowest BCUT2D eigenvalue weighted by Crippen LogP contribution is -2.39. The van der Waals surface area contributed by atoms with E-state index in [-0.39, 0.29) is 23.5 Å². The van der Waals surface area contributed by atoms with Gasteiger partial charge in [-0.15, -0.1) is 0 Å². The number of pyridine rings is 1. The molecule has 1 N–H and O–H groups in total. The average Bonchev–Trinajstić information content (AvgIpc) is 4.06. The van der Waals surface area contributed by atoms with Crippen molar-refractivity contribution in [1.82, 2.24) is 14.8 Å². The Hall–Kier alpha value is -3.94. The summed E-state index contributed by atoms with van der Waals surface area (Å²) in [4.78, 5) is 46.7. The highest BCUT2D eigenvalue weighted by Gasteiger charge is 2.32. The minimum Gasteiger partial charge on any atom is -0.326 e. The molecule has 8 rings (SSSR count). The smallest absolute Gasteiger partial charge is 0.221 e. The van der Waals surface area contributed by atoms with Gasteiger partial charge in [0.1, 0.15) is 0 Å². The van der Waals surface area contributed by atoms with Gasteiger partial charge in [-0.05, 0) is 136 Å². The monoisotopic (exact) mass is 658 g/mol. The predicted octanol–water partition coefficient (Wildman–Crippen LogP) is 7.95. The number of anilines is 1. The van der Waals surface area contributed by atoms with Gasteiger partial charge in [0, 0.05) is 72.8 Å². The van der Waals surface area contributed by atoms with Crippen molar-refractivity contribution in [2.24, 2.45) is 23.7 Å². The lowest BCUT2D eigenvalue weighted by molar-refractivity contribution is -0.114. The summed E-state index contributed by atoms with van der Waals surface area (Å²) in [5.74, 6) is 2.58. The van der Waals surface area contributed by atoms with Crippen LogP contribution in [0, 0.1) is 30.6 Å². The first-order chi connectivity index (χ1) is 23.8. The van der Waals surface area contributed by atoms with E-state index in [0.29, 0.717) is 5.78 Å². The van der Waals surface area contributed by atoms with Crippen molar-refractivity contribution in [3.8, 4) is 0 Å². The molecule has 2 aliphatic carbocycles. The maximum Gasteiger partial charge on any atom is 0.221 e. The topological polar surface area (TPSA) is 82.6 Å². The fraction of sp³-hybridized carbons (Fsp3) is 0.476. The standard InChI is InChI=1S/C22H26N2O2.C20H24N2O/c1-15(25)23-21-9-8-17-11-19(7-6-18(17)12-21)22(26)20-3-2-10-24(14-20)13-16-4-5-16;1-14-4-7-16-11-17(8-9-19(16)21-14)20(23)18-3-2-10-22(13-18)12-15-5-6-15/h6-9,11-12,16,20H,2-5,10,13-14H2,1H3,(H,23,25);4,7-9,11,15,18H,2-3,5-6,10,12-13H2,1H3. The molecule has 49 heavy (non-hydrogen) atoms. The fourth-order valence-corrected chi connectivity index (χ4v) is 7.73. The van der Waals surface area contributed by atoms with E-state index >= 15 is 0 Å². The van der Waals surface area contributed by atoms with Gasteiger partial charge in [-0.3, -0.25) is 19.4 Å². The molecule has 1 amide bonds. The number of carbonyl (C=O) groups excluding carboxylic acids is 3. The second-order valence-corrected chi connectivity index (χ2v) is 15.1. The van der Waals surface area contributed by atoms with Crippen LogP contribution >= 0.6 is 0 Å². The normalized spacial score (nSPS) is 21.6. The first kappa shape index (κ1) is 33.6. The van der Waals surface area contributed by atoms with Crippen LogP contribution in [0.2, 0.25) is 0 Å². The van der Waals surface area contributed by atoms with Crippen LogP contribution in [0.4, 0.5) is 5.69 Å². The number of nitrogens with zero attached hydrogens (tertiary/aromatic N) is 3. The Morgan fingerprint density at radius 2 is 1.20 bits per heavy atom. The number of hydrogen-bond acceptors (Lipinski definition) is 6. The zero-order valence-corrected chi connectivity index (χ0v) is 29.1. The molecule has 0 radical (unpaired) electrons. The Kier molecular flexibility index (Phi) is 10.2. The van der Waals surface area contributed by atoms with Gasteiger partial charge in [0.05, 0.1) is 5.52 Å². The lowest BCUT2D eigenvalue weighted by atomic mass is 9.89. The molecule has 7 nitrogen and oxygen atoms in total. The molecule has 1 aromatic heterocycles. The molecular formula is C42H50N4O3. The maximum absolute atomic E-state index is 13.0. The van der Waals surface area contributed by atoms with Crippen molar-refractivity contribution < 1.29 is 14.4 Å². The molecule has 2 saturated carbocycles. The number of ketones is 2. The Morgan fingerprint density at radius 1 is 0.673 bits per heavy atom. The number of amides is 1. The number of nitrogens with one attached hydrogen (secondary N) is 1. The summed E-state index contributed by atoms with van der Waals surface area (Å²) in [7, 11) is 0. The van der Waals surface area contributed by atoms with E-state index in [1.807, 2.05) is 67.6 Å². The number of benzene rings is 3. The van der Waals surface area contributed by atoms with Crippen molar-refractivity contribution in [2.45, 2.75) is 65.2 Å². The van der Waals surface area contributed by atoms with Crippen LogP contribution in [0.25, 0.3) is 21.7 Å². The molecule has 2 aliphatic heterocycles. The van der Waals surface area contributed by atoms with Gasteiger partial charge in [-0.1, -0.05) is 24.3 Å². The highest BCUT2D eigenvalue weighted by atomic mass is 16.1. The van der Waals surface area contributed by atoms with E-state index in [0.717, 1.165) is 101 Å². The molecular weight excluding hydrogens is 608 g/mol. The van der Waals surface area contributed by atoms with Gasteiger partial charge in [0.25, 0.3) is 0 Å². The van der Waals surface area contributed by atoms with Crippen molar-refractivity contribution in [1.29, 1.82) is 0 Å². The van der Waals surface area contributed by atoms with Crippen molar-refractivity contribution in [3.63, 3.8) is 0 Å². The Morgan fingerprint density at radius 3 is 1.80 bits per heavy atom. The minimum atomic E-state index is -0.0794. The van der Waals surface area contributed by atoms with Gasteiger partial charge >= 0.3 is 0 Å². The third kappa shape index (κ3) is 8.81. The van der Waals surface area contributed by atoms with Crippen LogP contribution in [0.1, 0.15) is 84.7 Å². The van der Waals surface area contributed by atoms with Crippen molar-refractivity contribution in [3.05, 3.63) is 83.6 Å². The van der Waals surface area contributed by atoms with E-state index in [4.69, 9.17) is 0 Å². The number of Topliss-reactive ketones (excluding diaryl/α,β-unsaturated/α-hetero) is 2. The van der Waals surface area contributed by atoms with Gasteiger partial charge in [-0.2, -0.15) is 0 Å². The molecule has 0 bridgehead atoms. The number of aryl methyl sites for hydroxylation is 1. The van der Waals surface area contributed by atoms with Gasteiger partial charge < -0.3 is 15.1 Å². The second-order valence-electron chi connectivity index (χ2n) is 15.1. The summed E-state index contributed by atoms with van der Waals surface area (Å²) in [5, 5.41) is 5.93. The lowest BCUT2D eigenvalue weighted by Gasteiger charge is -2.32. The summed E-state index contributed by atoms with van der Waals surface area (Å²) in [6, 6.07) is 21.7. The first-order valence-electron chi connectivity index (χ1n) is 18.5. The van der Waals surface area contributed by atoms with Crippen LogP contribution in [-0.2, 0) is 4.79 Å². The maximum atomic E-state index is 13.0. The molecule has 4 aliphatic rings. The molecule has 2 unspecified atom stereocenters. The molecule has 4 aromatic rings. The van der Waals surface area contributed by atoms with Crippen molar-refractivity contribution >= 4 is 44.8 Å². The number of likely N-dealkylation sites (tertiary alicyclic amines) is 2. The molecule has 7 heteroatoms. The molecule has 2 saturated heterocycles. The van der Waals surface area contributed by atoms with Crippen LogP contribution in [0.15, 0.2) is 66.7 Å². The molecule has 4 fully saturated rings. The summed E-state index contributed by atoms with van der Waals surface area (Å²) in [5.41, 5.74) is 4.43. The number of carbonyl (C=O) groups is 3. The van der Waals surface area contributed by atoms with Gasteiger partial charge in [0.2, 0.25) is 5.91 Å². The van der Waals surface area contributed by atoms with Crippen LogP contribution < -0.4 is 5.32 Å². The largest absolute Gasteiger partial charge is 0.326 e. The zero-order valence-electron chi connectivity index (χ0n) is 29.1. The van der Waals surface area contributed by atoms with E-state index in [2.05, 4.69) is 26.2 Å². The Bertz CT molecular complexity index is 1840. The number of fused-ring (bicyclic) bond motifs is 2. The predicted molar refractivity (Wildman–Crippen MR) is 197 cm³/mol. The third-order valence-corrected chi connectivity index (χ3v) is 10.7. The highest BCUT2D eigenvalue weighted by Crippen LogP contribution is 2.33. The average molecular weight is 659 g/mol. The molecule has 2 atom stereocenters. The summed E-state index contributed by atoms with van der Waals surface area (Å²) >= 11 is 0. The van der Waals surface area contributed by atoms with Crippen molar-refractivity contribution in [2.75, 3.05) is 44.6 Å².